The van der Waals surface area contributed by atoms with Crippen LogP contribution in [0.25, 0.3) is 5.65 Å². The fourth-order valence-corrected chi connectivity index (χ4v) is 0.962. The van der Waals surface area contributed by atoms with Crippen LogP contribution < -0.4 is 5.32 Å². The molecule has 0 fully saturated rings. The molecule has 0 spiro atoms. The van der Waals surface area contributed by atoms with E-state index in [-0.39, 0.29) is 6.54 Å². The predicted octanol–water partition coefficient (Wildman–Crippen LogP) is -0.984. The molecule has 72 valence electrons. The average Bonchev–Trinajstić information content (AvgIpc) is 2.62. The fourth-order valence-electron chi connectivity index (χ4n) is 0.962. The first-order valence-corrected chi connectivity index (χ1v) is 3.75. The molecule has 0 radical (unpaired) electrons. The SMILES string of the molecule is O=C(O)CNc1cncc2nnnn12. The monoisotopic (exact) mass is 194 g/mol. The van der Waals surface area contributed by atoms with Gasteiger partial charge in [0.05, 0.1) is 12.4 Å². The van der Waals surface area contributed by atoms with Gasteiger partial charge in [0.15, 0.2) is 11.5 Å². The highest BCUT2D eigenvalue weighted by atomic mass is 16.4. The fraction of sp³-hybridized carbons (Fsp3) is 0.167. The molecular weight excluding hydrogens is 188 g/mol. The molecule has 0 aliphatic rings. The molecule has 14 heavy (non-hydrogen) atoms. The van der Waals surface area contributed by atoms with Crippen molar-refractivity contribution in [3.63, 3.8) is 0 Å². The first-order chi connectivity index (χ1) is 6.77. The summed E-state index contributed by atoms with van der Waals surface area (Å²) in [6.07, 6.45) is 2.93. The van der Waals surface area contributed by atoms with Crippen molar-refractivity contribution < 1.29 is 9.90 Å². The topological polar surface area (TPSA) is 105 Å². The van der Waals surface area contributed by atoms with Gasteiger partial charge in [0.25, 0.3) is 0 Å². The number of carboxylic acids is 1. The van der Waals surface area contributed by atoms with Gasteiger partial charge in [-0.05, 0) is 10.4 Å². The van der Waals surface area contributed by atoms with Gasteiger partial charge in [-0.2, -0.15) is 4.52 Å². The van der Waals surface area contributed by atoms with Crippen molar-refractivity contribution in [1.82, 2.24) is 25.0 Å². The lowest BCUT2D eigenvalue weighted by molar-refractivity contribution is -0.134. The van der Waals surface area contributed by atoms with Gasteiger partial charge in [0, 0.05) is 0 Å². The van der Waals surface area contributed by atoms with Crippen molar-refractivity contribution in [3.05, 3.63) is 12.4 Å². The summed E-state index contributed by atoms with van der Waals surface area (Å²) in [4.78, 5) is 14.1. The summed E-state index contributed by atoms with van der Waals surface area (Å²) >= 11 is 0. The van der Waals surface area contributed by atoms with Gasteiger partial charge in [-0.25, -0.2) is 0 Å². The van der Waals surface area contributed by atoms with E-state index in [0.717, 1.165) is 0 Å². The van der Waals surface area contributed by atoms with Crippen LogP contribution >= 0.6 is 0 Å². The van der Waals surface area contributed by atoms with Crippen molar-refractivity contribution in [2.75, 3.05) is 11.9 Å². The molecule has 8 heteroatoms. The third kappa shape index (κ3) is 1.44. The molecule has 0 saturated carbocycles. The molecule has 2 rings (SSSR count). The molecule has 0 aliphatic carbocycles. The maximum atomic E-state index is 10.3. The summed E-state index contributed by atoms with van der Waals surface area (Å²) in [6.45, 7) is -0.208. The van der Waals surface area contributed by atoms with Crippen molar-refractivity contribution >= 4 is 17.4 Å². The maximum Gasteiger partial charge on any atom is 0.322 e. The lowest BCUT2D eigenvalue weighted by Crippen LogP contribution is -2.15. The van der Waals surface area contributed by atoms with Gasteiger partial charge < -0.3 is 10.4 Å². The molecule has 2 aromatic rings. The number of hydrogen-bond donors (Lipinski definition) is 2. The molecule has 0 atom stereocenters. The Balaban J connectivity index is 2.32. The Kier molecular flexibility index (Phi) is 1.94. The Morgan fingerprint density at radius 1 is 1.57 bits per heavy atom. The molecule has 0 aromatic carbocycles. The van der Waals surface area contributed by atoms with E-state index in [9.17, 15) is 4.79 Å². The highest BCUT2D eigenvalue weighted by molar-refractivity contribution is 5.72. The van der Waals surface area contributed by atoms with Crippen LogP contribution in [0.3, 0.4) is 0 Å². The molecule has 8 nitrogen and oxygen atoms in total. The van der Waals surface area contributed by atoms with Crippen LogP contribution in [0.4, 0.5) is 5.82 Å². The second kappa shape index (κ2) is 3.24. The van der Waals surface area contributed by atoms with Crippen LogP contribution in [0.5, 0.6) is 0 Å². The number of anilines is 1. The number of nitrogens with one attached hydrogen (secondary N) is 1. The van der Waals surface area contributed by atoms with E-state index in [4.69, 9.17) is 5.11 Å². The largest absolute Gasteiger partial charge is 0.480 e. The summed E-state index contributed by atoms with van der Waals surface area (Å²) < 4.78 is 1.37. The minimum absolute atomic E-state index is 0.208. The minimum atomic E-state index is -0.963. The van der Waals surface area contributed by atoms with Crippen molar-refractivity contribution in [2.24, 2.45) is 0 Å². The Hall–Kier alpha value is -2.25. The molecule has 0 bridgehead atoms. The number of carboxylic acid groups (broad SMARTS) is 1. The molecule has 0 aliphatic heterocycles. The molecule has 0 amide bonds. The summed E-state index contributed by atoms with van der Waals surface area (Å²) in [6, 6.07) is 0. The normalized spacial score (nSPS) is 10.3. The van der Waals surface area contributed by atoms with E-state index in [0.29, 0.717) is 11.5 Å². The Bertz CT molecular complexity index is 466. The van der Waals surface area contributed by atoms with Gasteiger partial charge in [-0.1, -0.05) is 0 Å². The number of rotatable bonds is 3. The number of tetrazole rings is 1. The number of aliphatic carboxylic acids is 1. The molecule has 2 aromatic heterocycles. The van der Waals surface area contributed by atoms with Crippen molar-refractivity contribution in [2.45, 2.75) is 0 Å². The highest BCUT2D eigenvalue weighted by Crippen LogP contribution is 2.04. The summed E-state index contributed by atoms with van der Waals surface area (Å²) in [5.41, 5.74) is 0.459. The second-order valence-electron chi connectivity index (χ2n) is 2.49. The first kappa shape index (κ1) is 8.35. The van der Waals surface area contributed by atoms with E-state index in [1.807, 2.05) is 0 Å². The smallest absolute Gasteiger partial charge is 0.322 e. The first-order valence-electron chi connectivity index (χ1n) is 3.75. The van der Waals surface area contributed by atoms with E-state index in [1.165, 1.54) is 16.9 Å². The van der Waals surface area contributed by atoms with Crippen LogP contribution in [-0.2, 0) is 4.79 Å². The maximum absolute atomic E-state index is 10.3. The van der Waals surface area contributed by atoms with Crippen molar-refractivity contribution in [1.29, 1.82) is 0 Å². The van der Waals surface area contributed by atoms with Crippen LogP contribution in [0.1, 0.15) is 0 Å². The Labute approximate surface area is 77.6 Å². The zero-order chi connectivity index (χ0) is 9.97. The molecular formula is C6H6N6O2. The third-order valence-electron chi connectivity index (χ3n) is 1.53. The van der Waals surface area contributed by atoms with Crippen molar-refractivity contribution in [3.8, 4) is 0 Å². The van der Waals surface area contributed by atoms with Crippen LogP contribution in [0.15, 0.2) is 12.4 Å². The number of hydrogen-bond acceptors (Lipinski definition) is 6. The minimum Gasteiger partial charge on any atom is -0.480 e. The predicted molar refractivity (Wildman–Crippen MR) is 44.7 cm³/mol. The van der Waals surface area contributed by atoms with E-state index < -0.39 is 5.97 Å². The van der Waals surface area contributed by atoms with E-state index in [2.05, 4.69) is 25.8 Å². The van der Waals surface area contributed by atoms with Gasteiger partial charge in [0.1, 0.15) is 6.54 Å². The number of nitrogens with zero attached hydrogens (tertiary/aromatic N) is 5. The Morgan fingerprint density at radius 3 is 3.21 bits per heavy atom. The van der Waals surface area contributed by atoms with Gasteiger partial charge in [-0.15, -0.1) is 5.10 Å². The quantitative estimate of drug-likeness (QED) is 0.646. The molecule has 0 unspecified atom stereocenters. The number of fused-ring (bicyclic) bond motifs is 1. The lowest BCUT2D eigenvalue weighted by Gasteiger charge is -2.02. The van der Waals surface area contributed by atoms with Gasteiger partial charge >= 0.3 is 5.97 Å². The molecule has 0 saturated heterocycles. The third-order valence-corrected chi connectivity index (χ3v) is 1.53. The second-order valence-corrected chi connectivity index (χ2v) is 2.49. The number of aromatic nitrogens is 5. The average molecular weight is 194 g/mol. The zero-order valence-corrected chi connectivity index (χ0v) is 6.95. The lowest BCUT2D eigenvalue weighted by atomic mass is 10.6. The van der Waals surface area contributed by atoms with Crippen LogP contribution in [-0.4, -0.2) is 42.6 Å². The standard InChI is InChI=1S/C6H6N6O2/c13-6(14)3-8-4-1-7-2-5-9-10-11-12(4)5/h1-2,8H,3H2,(H,13,14). The molecule has 2 heterocycles. The zero-order valence-electron chi connectivity index (χ0n) is 6.95. The molecule has 2 N–H and O–H groups in total. The number of carbonyl (C=O) groups is 1. The van der Waals surface area contributed by atoms with Crippen LogP contribution in [0.2, 0.25) is 0 Å². The van der Waals surface area contributed by atoms with Crippen LogP contribution in [0, 0.1) is 0 Å². The summed E-state index contributed by atoms with van der Waals surface area (Å²) in [5.74, 6) is -0.523. The van der Waals surface area contributed by atoms with Gasteiger partial charge in [-0.3, -0.25) is 9.78 Å². The summed E-state index contributed by atoms with van der Waals surface area (Å²) in [5, 5.41) is 21.8. The summed E-state index contributed by atoms with van der Waals surface area (Å²) in [7, 11) is 0. The Morgan fingerprint density at radius 2 is 2.43 bits per heavy atom. The highest BCUT2D eigenvalue weighted by Gasteiger charge is 2.04. The van der Waals surface area contributed by atoms with E-state index >= 15 is 0 Å². The van der Waals surface area contributed by atoms with E-state index in [1.54, 1.807) is 0 Å². The van der Waals surface area contributed by atoms with Gasteiger partial charge in [0.2, 0.25) is 0 Å².